The summed E-state index contributed by atoms with van der Waals surface area (Å²) in [5.74, 6) is 0. The van der Waals surface area contributed by atoms with Gasteiger partial charge in [0.15, 0.2) is 0 Å². The van der Waals surface area contributed by atoms with Crippen LogP contribution >= 0.6 is 0 Å². The Morgan fingerprint density at radius 1 is 0.600 bits per heavy atom. The SMILES string of the molecule is [BH4-].[BH4-].[BH4-].[Na+].[S+2]. The van der Waals surface area contributed by atoms with Crippen molar-refractivity contribution in [1.82, 2.24) is 0 Å². The quantitative estimate of drug-likeness (QED) is 0.265. The summed E-state index contributed by atoms with van der Waals surface area (Å²) < 4.78 is 0. The van der Waals surface area contributed by atoms with Gasteiger partial charge in [-0.15, -0.1) is 0 Å². The van der Waals surface area contributed by atoms with Gasteiger partial charge in [-0.1, -0.05) is 25.2 Å². The van der Waals surface area contributed by atoms with E-state index in [1.807, 2.05) is 0 Å². The first-order valence-electron chi connectivity index (χ1n) is 0. The van der Waals surface area contributed by atoms with E-state index in [4.69, 9.17) is 0 Å². The van der Waals surface area contributed by atoms with E-state index < -0.39 is 0 Å². The fraction of sp³-hybridized carbons (Fsp3) is 0. The molecule has 28 valence electrons. The molecule has 0 saturated carbocycles. The number of hydrogen-bond acceptors (Lipinski definition) is 0. The fourth-order valence-electron chi connectivity index (χ4n) is 0. The van der Waals surface area contributed by atoms with Crippen LogP contribution in [0.4, 0.5) is 0 Å². The molecule has 4 radical (unpaired) electrons. The van der Waals surface area contributed by atoms with Crippen molar-refractivity contribution in [3.05, 3.63) is 0 Å². The van der Waals surface area contributed by atoms with Gasteiger partial charge in [0.05, 0.1) is 0 Å². The summed E-state index contributed by atoms with van der Waals surface area (Å²) in [6.07, 6.45) is 0. The van der Waals surface area contributed by atoms with Crippen LogP contribution in [0.2, 0.25) is 0 Å². The van der Waals surface area contributed by atoms with Gasteiger partial charge in [0.2, 0.25) is 0 Å². The molecule has 0 nitrogen and oxygen atoms in total. The fourth-order valence-corrected chi connectivity index (χ4v) is 0. The molecule has 0 aliphatic rings. The van der Waals surface area contributed by atoms with Crippen molar-refractivity contribution in [3.63, 3.8) is 0 Å². The van der Waals surface area contributed by atoms with Gasteiger partial charge in [-0.3, -0.25) is 0 Å². The third-order valence-corrected chi connectivity index (χ3v) is 0. The minimum atomic E-state index is 0. The number of hydrogen-bond donors (Lipinski definition) is 0. The molecule has 0 unspecified atom stereocenters. The summed E-state index contributed by atoms with van der Waals surface area (Å²) in [7, 11) is 0. The Morgan fingerprint density at radius 3 is 0.600 bits per heavy atom. The van der Waals surface area contributed by atoms with Crippen molar-refractivity contribution >= 4 is 38.7 Å². The van der Waals surface area contributed by atoms with E-state index in [1.165, 1.54) is 0 Å². The topological polar surface area (TPSA) is 0 Å². The third-order valence-electron chi connectivity index (χ3n) is 0. The molecular formula is H12B3NaS. The maximum absolute atomic E-state index is 0. The molecule has 0 aromatic rings. The second kappa shape index (κ2) is 48.0. The van der Waals surface area contributed by atoms with Crippen LogP contribution in [0.1, 0.15) is 0 Å². The van der Waals surface area contributed by atoms with Gasteiger partial charge in [-0.25, -0.2) is 0 Å². The van der Waals surface area contributed by atoms with Crippen molar-refractivity contribution < 1.29 is 29.6 Å². The molecule has 0 atom stereocenters. The van der Waals surface area contributed by atoms with Gasteiger partial charge in [-0.05, 0) is 0 Å². The molecule has 0 saturated heterocycles. The van der Waals surface area contributed by atoms with Gasteiger partial charge >= 0.3 is 43.1 Å². The zero-order valence-electron chi connectivity index (χ0n) is 1.41. The van der Waals surface area contributed by atoms with Gasteiger partial charge in [0.25, 0.3) is 0 Å². The molecule has 0 aromatic heterocycles. The van der Waals surface area contributed by atoms with Gasteiger partial charge in [0, 0.05) is 0 Å². The van der Waals surface area contributed by atoms with Crippen molar-refractivity contribution in [2.45, 2.75) is 0 Å². The second-order valence-corrected chi connectivity index (χ2v) is 0. The van der Waals surface area contributed by atoms with Crippen LogP contribution in [0.25, 0.3) is 0 Å². The summed E-state index contributed by atoms with van der Waals surface area (Å²) in [5, 5.41) is 0. The largest absolute Gasteiger partial charge is 2.00 e. The molecular weight excluding hydrogens is 87.5 g/mol. The maximum Gasteiger partial charge on any atom is 2.00 e. The second-order valence-electron chi connectivity index (χ2n) is 0. The molecule has 5 heteroatoms. The van der Waals surface area contributed by atoms with Crippen LogP contribution in [-0.2, 0) is 13.5 Å². The minimum absolute atomic E-state index is 0. The Bertz CT molecular complexity index is 6.85. The molecule has 0 spiro atoms. The third kappa shape index (κ3) is 29.2. The predicted octanol–water partition coefficient (Wildman–Crippen LogP) is -7.35. The molecule has 0 aliphatic heterocycles. The van der Waals surface area contributed by atoms with Crippen LogP contribution in [0, 0.1) is 0 Å². The van der Waals surface area contributed by atoms with Gasteiger partial charge < -0.3 is 0 Å². The molecule has 0 aliphatic carbocycles. The first-order valence-corrected chi connectivity index (χ1v) is 0. The van der Waals surface area contributed by atoms with E-state index >= 15 is 0 Å². The van der Waals surface area contributed by atoms with E-state index in [0.717, 1.165) is 0 Å². The van der Waals surface area contributed by atoms with Gasteiger partial charge in [-0.2, -0.15) is 0 Å². The maximum atomic E-state index is 0. The Hall–Kier alpha value is 1.54. The molecule has 0 bridgehead atoms. The van der Waals surface area contributed by atoms with Gasteiger partial charge in [0.1, 0.15) is 0 Å². The van der Waals surface area contributed by atoms with E-state index in [1.54, 1.807) is 0 Å². The Morgan fingerprint density at radius 2 is 0.600 bits per heavy atom. The Kier molecular flexibility index (Phi) is 809. The Balaban J connectivity index is 0. The normalized spacial score (nSPS) is 0. The van der Waals surface area contributed by atoms with E-state index in [0.29, 0.717) is 0 Å². The standard InChI is InChI=1S/3BH4.Na.S/h3*1H4;;/q3*-1;+1;+2. The average molecular weight is 99.6 g/mol. The zero-order valence-corrected chi connectivity index (χ0v) is 4.22. The van der Waals surface area contributed by atoms with E-state index in [9.17, 15) is 0 Å². The molecule has 5 heavy (non-hydrogen) atoms. The van der Waals surface area contributed by atoms with Crippen molar-refractivity contribution in [3.8, 4) is 0 Å². The summed E-state index contributed by atoms with van der Waals surface area (Å²) in [5.41, 5.74) is 0. The molecule has 0 N–H and O–H groups in total. The predicted molar refractivity (Wildman–Crippen MR) is 41.4 cm³/mol. The smallest absolute Gasteiger partial charge is 0.0626 e. The molecule has 0 amide bonds. The van der Waals surface area contributed by atoms with Crippen molar-refractivity contribution in [1.29, 1.82) is 0 Å². The molecule has 0 rings (SSSR count). The first-order chi connectivity index (χ1) is 0. The monoisotopic (exact) mass is 100 g/mol. The molecule has 0 aromatic carbocycles. The summed E-state index contributed by atoms with van der Waals surface area (Å²) in [4.78, 5) is 0. The molecule has 0 fully saturated rings. The van der Waals surface area contributed by atoms with E-state index in [-0.39, 0.29) is 68.3 Å². The summed E-state index contributed by atoms with van der Waals surface area (Å²) in [6.45, 7) is 0. The first kappa shape index (κ1) is 84.3. The van der Waals surface area contributed by atoms with Crippen LogP contribution in [-0.4, -0.2) is 25.2 Å². The minimum Gasteiger partial charge on any atom is -0.0626 e. The van der Waals surface area contributed by atoms with Crippen molar-refractivity contribution in [2.24, 2.45) is 0 Å². The summed E-state index contributed by atoms with van der Waals surface area (Å²) >= 11 is 0. The summed E-state index contributed by atoms with van der Waals surface area (Å²) in [6, 6.07) is 0. The van der Waals surface area contributed by atoms with Crippen LogP contribution in [0.5, 0.6) is 0 Å². The van der Waals surface area contributed by atoms with E-state index in [2.05, 4.69) is 0 Å². The molecule has 0 heterocycles. The van der Waals surface area contributed by atoms with Crippen LogP contribution < -0.4 is 29.6 Å². The zero-order chi connectivity index (χ0) is 0. The Labute approximate surface area is 67.9 Å². The van der Waals surface area contributed by atoms with Crippen LogP contribution in [0.15, 0.2) is 0 Å². The number of rotatable bonds is 0. The average Bonchev–Trinajstić information content (AvgIpc) is 0. The van der Waals surface area contributed by atoms with Crippen LogP contribution in [0.3, 0.4) is 0 Å². The van der Waals surface area contributed by atoms with Crippen molar-refractivity contribution in [2.75, 3.05) is 0 Å².